The Hall–Kier alpha value is -3.67. The summed E-state index contributed by atoms with van der Waals surface area (Å²) in [4.78, 5) is 50.2. The fourth-order valence-electron chi connectivity index (χ4n) is 4.23. The van der Waals surface area contributed by atoms with E-state index in [4.69, 9.17) is 11.2 Å². The Morgan fingerprint density at radius 1 is 1.19 bits per heavy atom. The molecule has 0 bridgehead atoms. The summed E-state index contributed by atoms with van der Waals surface area (Å²) >= 11 is 0. The second-order valence-electron chi connectivity index (χ2n) is 8.99. The monoisotopic (exact) mass is 497 g/mol. The number of amides is 2. The van der Waals surface area contributed by atoms with Gasteiger partial charge in [0.1, 0.15) is 12.1 Å². The van der Waals surface area contributed by atoms with Crippen LogP contribution in [0.15, 0.2) is 36.9 Å². The first-order valence-corrected chi connectivity index (χ1v) is 12.0. The van der Waals surface area contributed by atoms with E-state index < -0.39 is 23.0 Å². The zero-order chi connectivity index (χ0) is 25.4. The van der Waals surface area contributed by atoms with Crippen molar-refractivity contribution in [2.24, 2.45) is 5.92 Å². The van der Waals surface area contributed by atoms with Crippen molar-refractivity contribution < 1.29 is 24.0 Å². The van der Waals surface area contributed by atoms with E-state index in [9.17, 15) is 24.5 Å². The fraction of sp³-hybridized carbons (Fsp3) is 0.519. The van der Waals surface area contributed by atoms with Crippen LogP contribution in [0.25, 0.3) is 0 Å². The molecule has 194 valence electrons. The summed E-state index contributed by atoms with van der Waals surface area (Å²) in [6, 6.07) is 4.27. The third-order valence-electron chi connectivity index (χ3n) is 6.35. The van der Waals surface area contributed by atoms with E-state index in [2.05, 4.69) is 17.8 Å². The van der Waals surface area contributed by atoms with E-state index >= 15 is 0 Å². The van der Waals surface area contributed by atoms with Gasteiger partial charge in [0.25, 0.3) is 5.69 Å². The fourth-order valence-corrected chi connectivity index (χ4v) is 4.23. The first-order valence-electron chi connectivity index (χ1n) is 12.0. The van der Waals surface area contributed by atoms with Crippen molar-refractivity contribution in [3.8, 4) is 12.3 Å². The van der Waals surface area contributed by atoms with Crippen LogP contribution in [-0.4, -0.2) is 52.3 Å². The molecule has 9 heteroatoms. The molecule has 2 aliphatic rings. The summed E-state index contributed by atoms with van der Waals surface area (Å²) in [5, 5.41) is 13.7. The molecule has 4 atom stereocenters. The topological polar surface area (TPSA) is 119 Å². The number of nitro groups is 1. The first kappa shape index (κ1) is 28.6. The lowest BCUT2D eigenvalue weighted by atomic mass is 10.1. The minimum Gasteiger partial charge on any atom is -0.457 e. The van der Waals surface area contributed by atoms with E-state index in [1.807, 2.05) is 6.08 Å². The number of hydrogen-bond donors (Lipinski definition) is 1. The highest BCUT2D eigenvalue weighted by Gasteiger charge is 2.44. The molecule has 0 spiro atoms. The molecule has 1 aliphatic carbocycles. The van der Waals surface area contributed by atoms with Crippen molar-refractivity contribution >= 4 is 23.5 Å². The summed E-state index contributed by atoms with van der Waals surface area (Å²) in [6.45, 7) is 3.82. The number of carbonyl (C=O) groups excluding carboxylic acids is 3. The van der Waals surface area contributed by atoms with Gasteiger partial charge in [-0.3, -0.25) is 19.7 Å². The number of likely N-dealkylation sites (tertiary alicyclic amines) is 1. The minimum absolute atomic E-state index is 0. The molecule has 3 rings (SSSR count). The van der Waals surface area contributed by atoms with Crippen LogP contribution in [0.4, 0.5) is 5.69 Å². The Morgan fingerprint density at radius 3 is 2.50 bits per heavy atom. The van der Waals surface area contributed by atoms with E-state index in [1.165, 1.54) is 29.2 Å². The number of non-ortho nitro benzene ring substituents is 1. The number of terminal acetylenes is 1. The number of allylic oxidation sites excluding steroid dienone is 1. The SMILES string of the molecule is C.C#C[C@@H]1C[C@H]1NC(=O)C1C[C@@H](OC(=O)c2ccc([N+](=O)[O-])cc2)CN1C(=O)CCCCCCC=C. The standard InChI is InChI=1S/C26H31N3O6.CH4/c1-3-5-6-7-8-9-10-24(30)28-17-21(16-23(28)25(31)27-22-15-18(22)4-2)35-26(32)19-11-13-20(14-12-19)29(33)34;/h2-3,11-14,18,21-23H,1,5-10,15-17H2,(H,27,31);1H4/t18-,21-,22-,23?;/m1./s1. The third kappa shape index (κ3) is 7.67. The van der Waals surface area contributed by atoms with Gasteiger partial charge in [0.2, 0.25) is 11.8 Å². The van der Waals surface area contributed by atoms with Gasteiger partial charge in [0, 0.05) is 36.9 Å². The first-order chi connectivity index (χ1) is 16.8. The highest BCUT2D eigenvalue weighted by Crippen LogP contribution is 2.30. The lowest BCUT2D eigenvalue weighted by molar-refractivity contribution is -0.384. The normalized spacial score (nSPS) is 22.0. The molecule has 1 saturated carbocycles. The van der Waals surface area contributed by atoms with Crippen molar-refractivity contribution in [3.05, 3.63) is 52.6 Å². The quantitative estimate of drug-likeness (QED) is 0.116. The average Bonchev–Trinajstić information content (AvgIpc) is 3.46. The molecule has 1 aliphatic heterocycles. The van der Waals surface area contributed by atoms with E-state index in [0.29, 0.717) is 12.8 Å². The molecular weight excluding hydrogens is 462 g/mol. The number of hydrogen-bond acceptors (Lipinski definition) is 6. The van der Waals surface area contributed by atoms with Crippen molar-refractivity contribution in [2.45, 2.75) is 77.0 Å². The van der Waals surface area contributed by atoms with Crippen LogP contribution in [0.1, 0.15) is 69.2 Å². The molecule has 1 unspecified atom stereocenters. The van der Waals surface area contributed by atoms with Gasteiger partial charge >= 0.3 is 5.97 Å². The smallest absolute Gasteiger partial charge is 0.338 e. The molecule has 1 saturated heterocycles. The maximum absolute atomic E-state index is 13.0. The van der Waals surface area contributed by atoms with Crippen molar-refractivity contribution in [1.82, 2.24) is 10.2 Å². The van der Waals surface area contributed by atoms with Gasteiger partial charge in [-0.1, -0.05) is 26.3 Å². The third-order valence-corrected chi connectivity index (χ3v) is 6.35. The molecule has 0 radical (unpaired) electrons. The van der Waals surface area contributed by atoms with Crippen molar-refractivity contribution in [3.63, 3.8) is 0 Å². The van der Waals surface area contributed by atoms with Crippen molar-refractivity contribution in [2.75, 3.05) is 6.54 Å². The molecule has 9 nitrogen and oxygen atoms in total. The zero-order valence-electron chi connectivity index (χ0n) is 19.7. The zero-order valence-corrected chi connectivity index (χ0v) is 19.7. The van der Waals surface area contributed by atoms with Crippen LogP contribution in [0, 0.1) is 28.4 Å². The Bertz CT molecular complexity index is 1000. The Balaban J connectivity index is 0.00000456. The summed E-state index contributed by atoms with van der Waals surface area (Å²) in [7, 11) is 0. The Labute approximate surface area is 212 Å². The van der Waals surface area contributed by atoms with Gasteiger partial charge in [0.05, 0.1) is 17.0 Å². The summed E-state index contributed by atoms with van der Waals surface area (Å²) in [6.07, 6.45) is 12.5. The largest absolute Gasteiger partial charge is 0.457 e. The number of carbonyl (C=O) groups is 3. The number of esters is 1. The lowest BCUT2D eigenvalue weighted by Crippen LogP contribution is -2.46. The van der Waals surface area contributed by atoms with E-state index in [0.717, 1.165) is 32.1 Å². The molecule has 36 heavy (non-hydrogen) atoms. The predicted molar refractivity (Wildman–Crippen MR) is 136 cm³/mol. The summed E-state index contributed by atoms with van der Waals surface area (Å²) < 4.78 is 5.57. The van der Waals surface area contributed by atoms with Crippen LogP contribution in [0.2, 0.25) is 0 Å². The van der Waals surface area contributed by atoms with Gasteiger partial charge in [-0.15, -0.1) is 18.9 Å². The van der Waals surface area contributed by atoms with Crippen molar-refractivity contribution in [1.29, 1.82) is 0 Å². The van der Waals surface area contributed by atoms with E-state index in [-0.39, 0.29) is 55.4 Å². The van der Waals surface area contributed by atoms with Gasteiger partial charge in [-0.2, -0.15) is 0 Å². The van der Waals surface area contributed by atoms with E-state index in [1.54, 1.807) is 0 Å². The average molecular weight is 498 g/mol. The molecular formula is C27H35N3O6. The van der Waals surface area contributed by atoms with Crippen LogP contribution in [-0.2, 0) is 14.3 Å². The lowest BCUT2D eigenvalue weighted by Gasteiger charge is -2.23. The second-order valence-corrected chi connectivity index (χ2v) is 8.99. The number of nitrogens with zero attached hydrogens (tertiary/aromatic N) is 2. The van der Waals surface area contributed by atoms with Gasteiger partial charge in [-0.25, -0.2) is 4.79 Å². The molecule has 1 aromatic rings. The Kier molecular flexibility index (Phi) is 10.7. The van der Waals surface area contributed by atoms with Crippen LogP contribution in [0.5, 0.6) is 0 Å². The molecule has 2 amide bonds. The number of benzene rings is 1. The highest BCUT2D eigenvalue weighted by atomic mass is 16.6. The van der Waals surface area contributed by atoms with Crippen LogP contribution >= 0.6 is 0 Å². The number of nitro benzene ring substituents is 1. The molecule has 0 aromatic heterocycles. The molecule has 1 heterocycles. The van der Waals surface area contributed by atoms with Gasteiger partial charge < -0.3 is 15.0 Å². The predicted octanol–water partition coefficient (Wildman–Crippen LogP) is 4.02. The molecule has 1 N–H and O–H groups in total. The maximum atomic E-state index is 13.0. The van der Waals surface area contributed by atoms with Crippen LogP contribution in [0.3, 0.4) is 0 Å². The Morgan fingerprint density at radius 2 is 1.89 bits per heavy atom. The number of nitrogens with one attached hydrogen (secondary N) is 1. The number of ether oxygens (including phenoxy) is 1. The number of unbranched alkanes of at least 4 members (excludes halogenated alkanes) is 4. The number of rotatable bonds is 12. The summed E-state index contributed by atoms with van der Waals surface area (Å²) in [5.41, 5.74) is 0.0292. The van der Waals surface area contributed by atoms with Gasteiger partial charge in [-0.05, 0) is 37.8 Å². The molecule has 1 aromatic carbocycles. The van der Waals surface area contributed by atoms with Crippen LogP contribution < -0.4 is 5.32 Å². The minimum atomic E-state index is -0.739. The summed E-state index contributed by atoms with van der Waals surface area (Å²) in [5.74, 6) is 1.53. The maximum Gasteiger partial charge on any atom is 0.338 e. The molecule has 2 fully saturated rings. The highest BCUT2D eigenvalue weighted by molar-refractivity contribution is 5.91. The second kappa shape index (κ2) is 13.4. The van der Waals surface area contributed by atoms with Gasteiger partial charge in [0.15, 0.2) is 0 Å².